The van der Waals surface area contributed by atoms with Gasteiger partial charge in [-0.05, 0) is 37.0 Å². The molecule has 0 aliphatic carbocycles. The Labute approximate surface area is 153 Å². The van der Waals surface area contributed by atoms with Gasteiger partial charge in [0.1, 0.15) is 5.75 Å². The second-order valence-corrected chi connectivity index (χ2v) is 6.62. The Bertz CT molecular complexity index is 798. The number of methoxy groups -OCH3 is 1. The second kappa shape index (κ2) is 7.99. The van der Waals surface area contributed by atoms with Gasteiger partial charge in [0, 0.05) is 37.2 Å². The van der Waals surface area contributed by atoms with Gasteiger partial charge >= 0.3 is 0 Å². The highest BCUT2D eigenvalue weighted by Crippen LogP contribution is 2.20. The first-order valence-corrected chi connectivity index (χ1v) is 8.76. The van der Waals surface area contributed by atoms with Gasteiger partial charge in [-0.15, -0.1) is 0 Å². The van der Waals surface area contributed by atoms with Crippen molar-refractivity contribution in [3.05, 3.63) is 53.9 Å². The standard InChI is InChI=1S/C20H23N3O3/c1-14-6-8-23(9-7-14)20(25)16-10-15(12-21-13-16)19(24)22-17-4-3-5-18(11-17)26-2/h3-5,10-14H,6-9H2,1-2H3,(H,22,24). The summed E-state index contributed by atoms with van der Waals surface area (Å²) in [6.07, 6.45) is 5.00. The predicted molar refractivity (Wildman–Crippen MR) is 99.5 cm³/mol. The molecule has 1 saturated heterocycles. The third-order valence-corrected chi connectivity index (χ3v) is 4.65. The molecule has 1 aliphatic heterocycles. The lowest BCUT2D eigenvalue weighted by atomic mass is 9.98. The van der Waals surface area contributed by atoms with Crippen molar-refractivity contribution in [2.24, 2.45) is 5.92 Å². The van der Waals surface area contributed by atoms with Crippen molar-refractivity contribution in [2.45, 2.75) is 19.8 Å². The number of benzene rings is 1. The van der Waals surface area contributed by atoms with Gasteiger partial charge in [0.25, 0.3) is 11.8 Å². The summed E-state index contributed by atoms with van der Waals surface area (Å²) in [6.45, 7) is 3.70. The van der Waals surface area contributed by atoms with Crippen molar-refractivity contribution in [3.8, 4) is 5.75 Å². The summed E-state index contributed by atoms with van der Waals surface area (Å²) in [5.74, 6) is 0.925. The van der Waals surface area contributed by atoms with Crippen molar-refractivity contribution in [2.75, 3.05) is 25.5 Å². The predicted octanol–water partition coefficient (Wildman–Crippen LogP) is 3.21. The van der Waals surface area contributed by atoms with Crippen LogP contribution in [0.5, 0.6) is 5.75 Å². The Morgan fingerprint density at radius 1 is 1.15 bits per heavy atom. The molecule has 26 heavy (non-hydrogen) atoms. The minimum Gasteiger partial charge on any atom is -0.497 e. The number of likely N-dealkylation sites (tertiary alicyclic amines) is 1. The summed E-state index contributed by atoms with van der Waals surface area (Å²) < 4.78 is 5.15. The van der Waals surface area contributed by atoms with Crippen LogP contribution in [-0.4, -0.2) is 41.9 Å². The van der Waals surface area contributed by atoms with Crippen LogP contribution in [0.15, 0.2) is 42.7 Å². The number of hydrogen-bond donors (Lipinski definition) is 1. The number of carbonyl (C=O) groups is 2. The maximum Gasteiger partial charge on any atom is 0.257 e. The van der Waals surface area contributed by atoms with E-state index in [9.17, 15) is 9.59 Å². The Morgan fingerprint density at radius 3 is 2.62 bits per heavy atom. The lowest BCUT2D eigenvalue weighted by Crippen LogP contribution is -2.38. The molecular formula is C20H23N3O3. The molecule has 6 nitrogen and oxygen atoms in total. The van der Waals surface area contributed by atoms with E-state index in [4.69, 9.17) is 4.74 Å². The van der Waals surface area contributed by atoms with Crippen LogP contribution < -0.4 is 10.1 Å². The van der Waals surface area contributed by atoms with Crippen LogP contribution in [0.1, 0.15) is 40.5 Å². The van der Waals surface area contributed by atoms with Gasteiger partial charge in [0.05, 0.1) is 18.2 Å². The Morgan fingerprint density at radius 2 is 1.88 bits per heavy atom. The van der Waals surface area contributed by atoms with Crippen LogP contribution in [0.2, 0.25) is 0 Å². The van der Waals surface area contributed by atoms with Crippen molar-refractivity contribution < 1.29 is 14.3 Å². The minimum absolute atomic E-state index is 0.0690. The van der Waals surface area contributed by atoms with Crippen LogP contribution in [0.3, 0.4) is 0 Å². The van der Waals surface area contributed by atoms with E-state index in [0.717, 1.165) is 25.9 Å². The molecule has 0 unspecified atom stereocenters. The van der Waals surface area contributed by atoms with Gasteiger partial charge < -0.3 is 15.0 Å². The van der Waals surface area contributed by atoms with Gasteiger partial charge in [-0.2, -0.15) is 0 Å². The number of anilines is 1. The lowest BCUT2D eigenvalue weighted by molar-refractivity contribution is 0.0697. The Balaban J connectivity index is 1.71. The maximum atomic E-state index is 12.7. The van der Waals surface area contributed by atoms with Gasteiger partial charge in [0.2, 0.25) is 0 Å². The largest absolute Gasteiger partial charge is 0.497 e. The lowest BCUT2D eigenvalue weighted by Gasteiger charge is -2.30. The molecule has 136 valence electrons. The normalized spacial score (nSPS) is 14.8. The highest BCUT2D eigenvalue weighted by atomic mass is 16.5. The maximum absolute atomic E-state index is 12.7. The molecule has 2 amide bonds. The summed E-state index contributed by atoms with van der Waals surface area (Å²) in [6, 6.07) is 8.70. The topological polar surface area (TPSA) is 71.5 Å². The number of ether oxygens (including phenoxy) is 1. The zero-order chi connectivity index (χ0) is 18.5. The zero-order valence-electron chi connectivity index (χ0n) is 15.1. The molecule has 1 fully saturated rings. The molecule has 0 bridgehead atoms. The highest BCUT2D eigenvalue weighted by molar-refractivity contribution is 6.05. The highest BCUT2D eigenvalue weighted by Gasteiger charge is 2.22. The van der Waals surface area contributed by atoms with Crippen LogP contribution in [0.4, 0.5) is 5.69 Å². The molecule has 1 N–H and O–H groups in total. The van der Waals surface area contributed by atoms with E-state index in [-0.39, 0.29) is 11.8 Å². The Kier molecular flexibility index (Phi) is 5.51. The average molecular weight is 353 g/mol. The fourth-order valence-electron chi connectivity index (χ4n) is 2.98. The molecule has 6 heteroatoms. The molecule has 2 aromatic rings. The van der Waals surface area contributed by atoms with Gasteiger partial charge in [0.15, 0.2) is 0 Å². The van der Waals surface area contributed by atoms with E-state index in [0.29, 0.717) is 28.5 Å². The van der Waals surface area contributed by atoms with Crippen LogP contribution in [-0.2, 0) is 0 Å². The van der Waals surface area contributed by atoms with Gasteiger partial charge in [-0.25, -0.2) is 0 Å². The van der Waals surface area contributed by atoms with Crippen molar-refractivity contribution in [1.82, 2.24) is 9.88 Å². The first-order chi connectivity index (χ1) is 12.6. The zero-order valence-corrected chi connectivity index (χ0v) is 15.1. The van der Waals surface area contributed by atoms with Crippen molar-refractivity contribution >= 4 is 17.5 Å². The molecule has 3 rings (SSSR count). The van der Waals surface area contributed by atoms with E-state index >= 15 is 0 Å². The number of aromatic nitrogens is 1. The van der Waals surface area contributed by atoms with Crippen molar-refractivity contribution in [1.29, 1.82) is 0 Å². The molecule has 0 saturated carbocycles. The summed E-state index contributed by atoms with van der Waals surface area (Å²) in [7, 11) is 1.57. The molecule has 1 aromatic carbocycles. The number of piperidine rings is 1. The van der Waals surface area contributed by atoms with E-state index in [1.165, 1.54) is 12.4 Å². The minimum atomic E-state index is -0.312. The van der Waals surface area contributed by atoms with Crippen molar-refractivity contribution in [3.63, 3.8) is 0 Å². The van der Waals surface area contributed by atoms with Crippen LogP contribution in [0.25, 0.3) is 0 Å². The molecular weight excluding hydrogens is 330 g/mol. The van der Waals surface area contributed by atoms with E-state index in [2.05, 4.69) is 17.2 Å². The fraction of sp³-hybridized carbons (Fsp3) is 0.350. The average Bonchev–Trinajstić information content (AvgIpc) is 2.68. The first kappa shape index (κ1) is 17.9. The first-order valence-electron chi connectivity index (χ1n) is 8.76. The molecule has 1 aliphatic rings. The van der Waals surface area contributed by atoms with E-state index in [1.54, 1.807) is 37.4 Å². The third-order valence-electron chi connectivity index (χ3n) is 4.65. The number of hydrogen-bond acceptors (Lipinski definition) is 4. The van der Waals surface area contributed by atoms with Gasteiger partial charge in [-0.3, -0.25) is 14.6 Å². The van der Waals surface area contributed by atoms with Crippen LogP contribution >= 0.6 is 0 Å². The summed E-state index contributed by atoms with van der Waals surface area (Å²) in [5.41, 5.74) is 1.41. The van der Waals surface area contributed by atoms with Gasteiger partial charge in [-0.1, -0.05) is 13.0 Å². The van der Waals surface area contributed by atoms with E-state index in [1.807, 2.05) is 4.90 Å². The summed E-state index contributed by atoms with van der Waals surface area (Å²) in [4.78, 5) is 31.1. The molecule has 0 radical (unpaired) electrons. The summed E-state index contributed by atoms with van der Waals surface area (Å²) >= 11 is 0. The smallest absolute Gasteiger partial charge is 0.257 e. The Hall–Kier alpha value is -2.89. The number of amides is 2. The number of rotatable bonds is 4. The molecule has 2 heterocycles. The SMILES string of the molecule is COc1cccc(NC(=O)c2cncc(C(=O)N3CCC(C)CC3)c2)c1. The number of pyridine rings is 1. The fourth-order valence-corrected chi connectivity index (χ4v) is 2.98. The molecule has 1 aromatic heterocycles. The van der Waals surface area contributed by atoms with E-state index < -0.39 is 0 Å². The number of nitrogens with one attached hydrogen (secondary N) is 1. The quantitative estimate of drug-likeness (QED) is 0.916. The monoisotopic (exact) mass is 353 g/mol. The van der Waals surface area contributed by atoms with Crippen LogP contribution in [0, 0.1) is 5.92 Å². The number of nitrogens with zero attached hydrogens (tertiary/aromatic N) is 2. The second-order valence-electron chi connectivity index (χ2n) is 6.62. The molecule has 0 spiro atoms. The molecule has 0 atom stereocenters. The summed E-state index contributed by atoms with van der Waals surface area (Å²) in [5, 5.41) is 2.80. The number of carbonyl (C=O) groups excluding carboxylic acids is 2. The third kappa shape index (κ3) is 4.20.